The maximum atomic E-state index is 11.9. The van der Waals surface area contributed by atoms with E-state index in [1.807, 2.05) is 12.1 Å². The zero-order chi connectivity index (χ0) is 20.7. The molecule has 1 atom stereocenters. The van der Waals surface area contributed by atoms with Gasteiger partial charge in [0.1, 0.15) is 5.82 Å². The van der Waals surface area contributed by atoms with Crippen molar-refractivity contribution in [3.63, 3.8) is 0 Å². The van der Waals surface area contributed by atoms with E-state index < -0.39 is 0 Å². The van der Waals surface area contributed by atoms with Crippen molar-refractivity contribution in [1.29, 1.82) is 0 Å². The van der Waals surface area contributed by atoms with Gasteiger partial charge in [-0.15, -0.1) is 5.10 Å². The molecule has 0 saturated carbocycles. The van der Waals surface area contributed by atoms with E-state index in [2.05, 4.69) is 15.0 Å². The Morgan fingerprint density at radius 3 is 2.66 bits per heavy atom. The highest BCUT2D eigenvalue weighted by atomic mass is 35.5. The summed E-state index contributed by atoms with van der Waals surface area (Å²) < 4.78 is 6.36. The Morgan fingerprint density at radius 1 is 1.31 bits per heavy atom. The van der Waals surface area contributed by atoms with E-state index in [4.69, 9.17) is 27.9 Å². The van der Waals surface area contributed by atoms with E-state index >= 15 is 0 Å². The average molecular weight is 455 g/mol. The number of likely N-dealkylation sites (tertiary alicyclic amines) is 1. The first-order valence-corrected chi connectivity index (χ1v) is 10.8. The Labute approximate surface area is 181 Å². The molecule has 1 saturated heterocycles. The summed E-state index contributed by atoms with van der Waals surface area (Å²) in [6.07, 6.45) is 1.37. The smallest absolute Gasteiger partial charge is 0.308 e. The number of methoxy groups -OCH3 is 1. The van der Waals surface area contributed by atoms with Crippen LogP contribution in [0.3, 0.4) is 0 Å². The van der Waals surface area contributed by atoms with Crippen LogP contribution in [-0.4, -0.2) is 50.8 Å². The summed E-state index contributed by atoms with van der Waals surface area (Å²) in [5.74, 6) is 0.386. The number of aromatic hydroxyl groups is 1. The van der Waals surface area contributed by atoms with Crippen LogP contribution in [0.5, 0.6) is 5.88 Å². The largest absolute Gasteiger partial charge is 0.492 e. The Balaban J connectivity index is 1.73. The number of carbonyl (C=O) groups is 1. The fraction of sp³-hybridized carbons (Fsp3) is 0.421. The quantitative estimate of drug-likeness (QED) is 0.598. The van der Waals surface area contributed by atoms with Crippen LogP contribution in [0.25, 0.3) is 4.96 Å². The number of piperidine rings is 1. The van der Waals surface area contributed by atoms with Gasteiger partial charge in [-0.3, -0.25) is 9.69 Å². The zero-order valence-electron chi connectivity index (χ0n) is 15.9. The molecular weight excluding hydrogens is 435 g/mol. The molecule has 29 heavy (non-hydrogen) atoms. The SMILES string of the molecule is COC(=O)C1CCN([C@@H](c2ccc(Cl)c(Cl)c2)c2sc3nc(C)nn3c2O)CC1. The second-order valence-electron chi connectivity index (χ2n) is 7.05. The van der Waals surface area contributed by atoms with Gasteiger partial charge in [0.05, 0.1) is 34.0 Å². The molecule has 0 unspecified atom stereocenters. The lowest BCUT2D eigenvalue weighted by atomic mass is 9.94. The van der Waals surface area contributed by atoms with Gasteiger partial charge in [0.25, 0.3) is 0 Å². The molecule has 4 rings (SSSR count). The van der Waals surface area contributed by atoms with Crippen molar-refractivity contribution < 1.29 is 14.6 Å². The lowest BCUT2D eigenvalue weighted by Crippen LogP contribution is -2.39. The molecule has 0 spiro atoms. The summed E-state index contributed by atoms with van der Waals surface area (Å²) in [4.78, 5) is 19.9. The molecule has 1 aromatic carbocycles. The highest BCUT2D eigenvalue weighted by Crippen LogP contribution is 2.42. The number of benzene rings is 1. The first-order chi connectivity index (χ1) is 13.9. The van der Waals surface area contributed by atoms with Gasteiger partial charge in [0.15, 0.2) is 0 Å². The number of nitrogens with zero attached hydrogens (tertiary/aromatic N) is 4. The molecule has 10 heteroatoms. The molecule has 1 aliphatic rings. The third kappa shape index (κ3) is 3.82. The summed E-state index contributed by atoms with van der Waals surface area (Å²) in [6, 6.07) is 5.23. The Morgan fingerprint density at radius 2 is 2.03 bits per heavy atom. The van der Waals surface area contributed by atoms with Gasteiger partial charge in [-0.2, -0.15) is 4.52 Å². The van der Waals surface area contributed by atoms with Crippen LogP contribution in [0.1, 0.15) is 35.1 Å². The lowest BCUT2D eigenvalue weighted by molar-refractivity contribution is -0.147. The Bertz CT molecular complexity index is 1060. The van der Waals surface area contributed by atoms with Gasteiger partial charge in [-0.05, 0) is 50.6 Å². The fourth-order valence-electron chi connectivity index (χ4n) is 3.80. The number of carbonyl (C=O) groups excluding carboxylic acids is 1. The second kappa shape index (κ2) is 8.10. The van der Waals surface area contributed by atoms with E-state index in [-0.39, 0.29) is 23.8 Å². The average Bonchev–Trinajstić information content (AvgIpc) is 3.22. The van der Waals surface area contributed by atoms with Crippen molar-refractivity contribution in [2.24, 2.45) is 5.92 Å². The molecule has 0 bridgehead atoms. The molecule has 3 aromatic rings. The fourth-order valence-corrected chi connectivity index (χ4v) is 5.27. The van der Waals surface area contributed by atoms with E-state index in [1.165, 1.54) is 23.0 Å². The van der Waals surface area contributed by atoms with E-state index in [0.717, 1.165) is 10.4 Å². The number of halogens is 2. The molecule has 154 valence electrons. The number of ether oxygens (including phenoxy) is 1. The van der Waals surface area contributed by atoms with Crippen molar-refractivity contribution in [3.8, 4) is 5.88 Å². The molecule has 0 amide bonds. The third-order valence-electron chi connectivity index (χ3n) is 5.24. The first kappa shape index (κ1) is 20.4. The van der Waals surface area contributed by atoms with Crippen LogP contribution < -0.4 is 0 Å². The van der Waals surface area contributed by atoms with E-state index in [0.29, 0.717) is 46.8 Å². The van der Waals surface area contributed by atoms with Crippen LogP contribution >= 0.6 is 34.5 Å². The highest BCUT2D eigenvalue weighted by molar-refractivity contribution is 7.17. The Kier molecular flexibility index (Phi) is 5.70. The maximum absolute atomic E-state index is 11.9. The zero-order valence-corrected chi connectivity index (χ0v) is 18.3. The standard InChI is InChI=1S/C19H20Cl2N4O3S/c1-10-22-19-25(23-10)17(26)16(29-19)15(12-3-4-13(20)14(21)9-12)24-7-5-11(6-8-24)18(27)28-2/h3-4,9,11,15,26H,5-8H2,1-2H3/t15-/m0/s1. The minimum absolute atomic E-state index is 0.0664. The van der Waals surface area contributed by atoms with Crippen LogP contribution in [-0.2, 0) is 9.53 Å². The van der Waals surface area contributed by atoms with Gasteiger partial charge >= 0.3 is 5.97 Å². The molecule has 2 aromatic heterocycles. The highest BCUT2D eigenvalue weighted by Gasteiger charge is 2.34. The normalized spacial score (nSPS) is 17.0. The van der Waals surface area contributed by atoms with Gasteiger partial charge in [0.2, 0.25) is 10.8 Å². The van der Waals surface area contributed by atoms with Gasteiger partial charge in [-0.1, -0.05) is 40.6 Å². The predicted octanol–water partition coefficient (Wildman–Crippen LogP) is 4.09. The van der Waals surface area contributed by atoms with Crippen molar-refractivity contribution in [2.75, 3.05) is 20.2 Å². The molecule has 1 aliphatic heterocycles. The minimum Gasteiger partial charge on any atom is -0.492 e. The van der Waals surface area contributed by atoms with Crippen molar-refractivity contribution in [3.05, 3.63) is 44.5 Å². The van der Waals surface area contributed by atoms with Crippen LogP contribution in [0.15, 0.2) is 18.2 Å². The minimum atomic E-state index is -0.253. The van der Waals surface area contributed by atoms with Crippen molar-refractivity contribution >= 4 is 45.5 Å². The first-order valence-electron chi connectivity index (χ1n) is 9.21. The second-order valence-corrected chi connectivity index (χ2v) is 8.88. The summed E-state index contributed by atoms with van der Waals surface area (Å²) >= 11 is 13.8. The van der Waals surface area contributed by atoms with Gasteiger partial charge < -0.3 is 9.84 Å². The number of aromatic nitrogens is 3. The molecule has 0 radical (unpaired) electrons. The number of esters is 1. The molecular formula is C19H20Cl2N4O3S. The summed E-state index contributed by atoms with van der Waals surface area (Å²) in [7, 11) is 1.42. The predicted molar refractivity (Wildman–Crippen MR) is 112 cm³/mol. The number of thiazole rings is 1. The monoisotopic (exact) mass is 454 g/mol. The number of aryl methyl sites for hydroxylation is 1. The number of rotatable bonds is 4. The molecule has 3 heterocycles. The molecule has 0 aliphatic carbocycles. The van der Waals surface area contributed by atoms with Crippen molar-refractivity contribution in [1.82, 2.24) is 19.5 Å². The summed E-state index contributed by atoms with van der Waals surface area (Å²) in [6.45, 7) is 3.14. The summed E-state index contributed by atoms with van der Waals surface area (Å²) in [5, 5.41) is 16.1. The van der Waals surface area contributed by atoms with Gasteiger partial charge in [-0.25, -0.2) is 4.98 Å². The number of hydrogen-bond acceptors (Lipinski definition) is 7. The number of fused-ring (bicyclic) bond motifs is 1. The lowest BCUT2D eigenvalue weighted by Gasteiger charge is -2.36. The van der Waals surface area contributed by atoms with E-state index in [1.54, 1.807) is 13.0 Å². The summed E-state index contributed by atoms with van der Waals surface area (Å²) in [5.41, 5.74) is 0.910. The maximum Gasteiger partial charge on any atom is 0.308 e. The third-order valence-corrected chi connectivity index (χ3v) is 7.05. The van der Waals surface area contributed by atoms with Crippen LogP contribution in [0.2, 0.25) is 10.0 Å². The van der Waals surface area contributed by atoms with Gasteiger partial charge in [0, 0.05) is 0 Å². The molecule has 1 N–H and O–H groups in total. The topological polar surface area (TPSA) is 80.0 Å². The number of hydrogen-bond donors (Lipinski definition) is 1. The van der Waals surface area contributed by atoms with E-state index in [9.17, 15) is 9.90 Å². The van der Waals surface area contributed by atoms with Crippen LogP contribution in [0, 0.1) is 12.8 Å². The molecule has 7 nitrogen and oxygen atoms in total. The van der Waals surface area contributed by atoms with Crippen molar-refractivity contribution in [2.45, 2.75) is 25.8 Å². The van der Waals surface area contributed by atoms with Crippen LogP contribution in [0.4, 0.5) is 0 Å². The molecule has 1 fully saturated rings. The Hall–Kier alpha value is -1.87.